The Morgan fingerprint density at radius 2 is 1.61 bits per heavy atom. The third-order valence-corrected chi connectivity index (χ3v) is 5.04. The zero-order valence-electron chi connectivity index (χ0n) is 18.2. The standard InChI is InChI=1S/C25H22FN5O2/c1-16-7-9-18(10-8-16)15-27-24(32)21-5-3-4-6-22(21)29-25(33)23-28-17(2)31(30-23)20-13-11-19(26)12-14-20/h3-14H,15H2,1-2H3,(H,27,32)(H,29,33). The number of para-hydroxylation sites is 1. The predicted octanol–water partition coefficient (Wildman–Crippen LogP) is 4.21. The topological polar surface area (TPSA) is 88.9 Å². The predicted molar refractivity (Wildman–Crippen MR) is 123 cm³/mol. The van der Waals surface area contributed by atoms with Gasteiger partial charge in [0.15, 0.2) is 0 Å². The fraction of sp³-hybridized carbons (Fsp3) is 0.120. The van der Waals surface area contributed by atoms with Crippen LogP contribution in [0, 0.1) is 19.7 Å². The molecule has 0 saturated carbocycles. The van der Waals surface area contributed by atoms with E-state index in [2.05, 4.69) is 20.7 Å². The van der Waals surface area contributed by atoms with E-state index in [4.69, 9.17) is 0 Å². The lowest BCUT2D eigenvalue weighted by Gasteiger charge is -2.11. The molecule has 2 N–H and O–H groups in total. The lowest BCUT2D eigenvalue weighted by molar-refractivity contribution is 0.0952. The van der Waals surface area contributed by atoms with Gasteiger partial charge in [0.1, 0.15) is 11.6 Å². The van der Waals surface area contributed by atoms with E-state index in [1.165, 1.54) is 16.8 Å². The third-order valence-electron chi connectivity index (χ3n) is 5.04. The number of rotatable bonds is 6. The normalized spacial score (nSPS) is 10.6. The maximum Gasteiger partial charge on any atom is 0.295 e. The van der Waals surface area contributed by atoms with Gasteiger partial charge in [0.25, 0.3) is 11.8 Å². The Hall–Kier alpha value is -4.33. The summed E-state index contributed by atoms with van der Waals surface area (Å²) >= 11 is 0. The number of aryl methyl sites for hydroxylation is 2. The second kappa shape index (κ2) is 9.44. The highest BCUT2D eigenvalue weighted by Crippen LogP contribution is 2.17. The van der Waals surface area contributed by atoms with Crippen molar-refractivity contribution >= 4 is 17.5 Å². The molecule has 0 aliphatic carbocycles. The average molecular weight is 443 g/mol. The average Bonchev–Trinajstić information content (AvgIpc) is 3.21. The monoisotopic (exact) mass is 443 g/mol. The molecule has 0 radical (unpaired) electrons. The number of halogens is 1. The lowest BCUT2D eigenvalue weighted by atomic mass is 10.1. The summed E-state index contributed by atoms with van der Waals surface area (Å²) in [5.74, 6) is -0.834. The van der Waals surface area contributed by atoms with E-state index in [0.29, 0.717) is 29.3 Å². The van der Waals surface area contributed by atoms with Crippen molar-refractivity contribution in [2.45, 2.75) is 20.4 Å². The minimum absolute atomic E-state index is 0.0632. The summed E-state index contributed by atoms with van der Waals surface area (Å²) in [4.78, 5) is 29.8. The molecule has 0 aliphatic heterocycles. The number of benzene rings is 3. The van der Waals surface area contributed by atoms with E-state index in [1.54, 1.807) is 43.3 Å². The van der Waals surface area contributed by atoms with Crippen LogP contribution in [0.1, 0.15) is 37.9 Å². The molecule has 4 aromatic rings. The van der Waals surface area contributed by atoms with Crippen LogP contribution in [0.3, 0.4) is 0 Å². The molecule has 166 valence electrons. The van der Waals surface area contributed by atoms with Crippen molar-refractivity contribution in [1.82, 2.24) is 20.1 Å². The molecule has 0 aliphatic rings. The molecule has 0 fully saturated rings. The number of amides is 2. The Labute approximate surface area is 190 Å². The lowest BCUT2D eigenvalue weighted by Crippen LogP contribution is -2.25. The highest BCUT2D eigenvalue weighted by molar-refractivity contribution is 6.07. The van der Waals surface area contributed by atoms with E-state index in [0.717, 1.165) is 11.1 Å². The molecule has 1 heterocycles. The van der Waals surface area contributed by atoms with Gasteiger partial charge in [0.05, 0.1) is 16.9 Å². The van der Waals surface area contributed by atoms with Crippen LogP contribution in [0.4, 0.5) is 10.1 Å². The molecule has 0 spiro atoms. The SMILES string of the molecule is Cc1ccc(CNC(=O)c2ccccc2NC(=O)c2nc(C)n(-c3ccc(F)cc3)n2)cc1. The Morgan fingerprint density at radius 3 is 2.33 bits per heavy atom. The Kier molecular flexibility index (Phi) is 6.26. The van der Waals surface area contributed by atoms with Gasteiger partial charge in [-0.1, -0.05) is 42.0 Å². The van der Waals surface area contributed by atoms with Crippen molar-refractivity contribution in [1.29, 1.82) is 0 Å². The molecule has 0 atom stereocenters. The van der Waals surface area contributed by atoms with Gasteiger partial charge in [-0.25, -0.2) is 14.1 Å². The number of nitrogens with one attached hydrogen (secondary N) is 2. The number of aromatic nitrogens is 3. The zero-order valence-corrected chi connectivity index (χ0v) is 18.2. The zero-order chi connectivity index (χ0) is 23.4. The fourth-order valence-electron chi connectivity index (χ4n) is 3.26. The van der Waals surface area contributed by atoms with Crippen molar-refractivity contribution in [3.63, 3.8) is 0 Å². The summed E-state index contributed by atoms with van der Waals surface area (Å²) in [6, 6.07) is 20.3. The minimum atomic E-state index is -0.558. The number of nitrogens with zero attached hydrogens (tertiary/aromatic N) is 3. The summed E-state index contributed by atoms with van der Waals surface area (Å²) in [5, 5.41) is 9.82. The van der Waals surface area contributed by atoms with Crippen molar-refractivity contribution in [2.75, 3.05) is 5.32 Å². The van der Waals surface area contributed by atoms with Crippen LogP contribution < -0.4 is 10.6 Å². The number of hydrogen-bond donors (Lipinski definition) is 2. The number of hydrogen-bond acceptors (Lipinski definition) is 4. The molecule has 3 aromatic carbocycles. The van der Waals surface area contributed by atoms with Crippen LogP contribution >= 0.6 is 0 Å². The second-order valence-electron chi connectivity index (χ2n) is 7.54. The molecule has 2 amide bonds. The first kappa shape index (κ1) is 21.9. The van der Waals surface area contributed by atoms with Crippen molar-refractivity contribution in [2.24, 2.45) is 0 Å². The number of carbonyl (C=O) groups is 2. The molecule has 0 bridgehead atoms. The molecule has 0 unspecified atom stereocenters. The Balaban J connectivity index is 1.49. The van der Waals surface area contributed by atoms with Crippen molar-refractivity contribution in [3.05, 3.63) is 107 Å². The number of anilines is 1. The van der Waals surface area contributed by atoms with Crippen LogP contribution in [0.5, 0.6) is 0 Å². The van der Waals surface area contributed by atoms with Gasteiger partial charge < -0.3 is 10.6 Å². The molecule has 4 rings (SSSR count). The molecule has 1 aromatic heterocycles. The van der Waals surface area contributed by atoms with Crippen LogP contribution in [-0.2, 0) is 6.54 Å². The first-order valence-electron chi connectivity index (χ1n) is 10.3. The van der Waals surface area contributed by atoms with Crippen molar-refractivity contribution < 1.29 is 14.0 Å². The first-order chi connectivity index (χ1) is 15.9. The van der Waals surface area contributed by atoms with E-state index in [9.17, 15) is 14.0 Å². The van der Waals surface area contributed by atoms with Crippen LogP contribution in [0.2, 0.25) is 0 Å². The summed E-state index contributed by atoms with van der Waals surface area (Å²) < 4.78 is 14.7. The molecule has 8 heteroatoms. The minimum Gasteiger partial charge on any atom is -0.348 e. The van der Waals surface area contributed by atoms with Crippen LogP contribution in [-0.4, -0.2) is 26.6 Å². The summed E-state index contributed by atoms with van der Waals surface area (Å²) in [6.07, 6.45) is 0. The maximum absolute atomic E-state index is 13.2. The fourth-order valence-corrected chi connectivity index (χ4v) is 3.26. The van der Waals surface area contributed by atoms with Crippen LogP contribution in [0.25, 0.3) is 5.69 Å². The van der Waals surface area contributed by atoms with Crippen LogP contribution in [0.15, 0.2) is 72.8 Å². The van der Waals surface area contributed by atoms with E-state index in [1.807, 2.05) is 31.2 Å². The third kappa shape index (κ3) is 5.12. The van der Waals surface area contributed by atoms with Gasteiger partial charge in [-0.3, -0.25) is 9.59 Å². The van der Waals surface area contributed by atoms with Crippen molar-refractivity contribution in [3.8, 4) is 5.69 Å². The molecular weight excluding hydrogens is 421 g/mol. The Morgan fingerprint density at radius 1 is 0.909 bits per heavy atom. The van der Waals surface area contributed by atoms with E-state index in [-0.39, 0.29) is 17.5 Å². The number of carbonyl (C=O) groups excluding carboxylic acids is 2. The van der Waals surface area contributed by atoms with E-state index < -0.39 is 5.91 Å². The first-order valence-corrected chi connectivity index (χ1v) is 10.3. The molecule has 33 heavy (non-hydrogen) atoms. The maximum atomic E-state index is 13.2. The van der Waals surface area contributed by atoms with Gasteiger partial charge in [-0.15, -0.1) is 5.10 Å². The van der Waals surface area contributed by atoms with Gasteiger partial charge >= 0.3 is 0 Å². The largest absolute Gasteiger partial charge is 0.348 e. The summed E-state index contributed by atoms with van der Waals surface area (Å²) in [5.41, 5.74) is 3.37. The van der Waals surface area contributed by atoms with Gasteiger partial charge in [-0.05, 0) is 55.8 Å². The molecular formula is C25H22FN5O2. The quantitative estimate of drug-likeness (QED) is 0.467. The Bertz CT molecular complexity index is 1300. The second-order valence-corrected chi connectivity index (χ2v) is 7.54. The van der Waals surface area contributed by atoms with Gasteiger partial charge in [0, 0.05) is 6.54 Å². The van der Waals surface area contributed by atoms with Gasteiger partial charge in [-0.2, -0.15) is 0 Å². The van der Waals surface area contributed by atoms with E-state index >= 15 is 0 Å². The summed E-state index contributed by atoms with van der Waals surface area (Å²) in [6.45, 7) is 4.06. The van der Waals surface area contributed by atoms with Gasteiger partial charge in [0.2, 0.25) is 5.82 Å². The molecule has 0 saturated heterocycles. The molecule has 7 nitrogen and oxygen atoms in total. The smallest absolute Gasteiger partial charge is 0.295 e. The highest BCUT2D eigenvalue weighted by Gasteiger charge is 2.18. The summed E-state index contributed by atoms with van der Waals surface area (Å²) in [7, 11) is 0. The highest BCUT2D eigenvalue weighted by atomic mass is 19.1.